The third-order valence-electron chi connectivity index (χ3n) is 3.19. The van der Waals surface area contributed by atoms with Crippen molar-refractivity contribution >= 4 is 29.0 Å². The molecule has 1 saturated carbocycles. The Kier molecular flexibility index (Phi) is 4.19. The number of thiophene rings is 1. The first kappa shape index (κ1) is 12.9. The Balaban J connectivity index is 1.74. The van der Waals surface area contributed by atoms with E-state index >= 15 is 0 Å². The highest BCUT2D eigenvalue weighted by molar-refractivity contribution is 7.08. The van der Waals surface area contributed by atoms with Gasteiger partial charge >= 0.3 is 12.0 Å². The summed E-state index contributed by atoms with van der Waals surface area (Å²) in [5.74, 6) is -0.973. The lowest BCUT2D eigenvalue weighted by Crippen LogP contribution is -2.40. The molecule has 18 heavy (non-hydrogen) atoms. The third kappa shape index (κ3) is 3.46. The summed E-state index contributed by atoms with van der Waals surface area (Å²) in [5.41, 5.74) is 0.789. The molecule has 5 nitrogen and oxygen atoms in total. The van der Waals surface area contributed by atoms with Gasteiger partial charge in [-0.3, -0.25) is 4.79 Å². The second-order valence-electron chi connectivity index (χ2n) is 4.50. The average Bonchev–Trinajstić information content (AvgIpc) is 2.82. The van der Waals surface area contributed by atoms with Crippen LogP contribution in [0.4, 0.5) is 10.5 Å². The van der Waals surface area contributed by atoms with Crippen molar-refractivity contribution in [2.24, 2.45) is 5.92 Å². The van der Waals surface area contributed by atoms with E-state index in [2.05, 4.69) is 10.6 Å². The molecule has 0 spiro atoms. The van der Waals surface area contributed by atoms with Crippen molar-refractivity contribution in [3.8, 4) is 0 Å². The van der Waals surface area contributed by atoms with Crippen LogP contribution in [0.2, 0.25) is 0 Å². The summed E-state index contributed by atoms with van der Waals surface area (Å²) in [4.78, 5) is 22.5. The Morgan fingerprint density at radius 1 is 1.28 bits per heavy atom. The molecule has 1 aliphatic carbocycles. The summed E-state index contributed by atoms with van der Waals surface area (Å²) < 4.78 is 0. The molecule has 0 saturated heterocycles. The highest BCUT2D eigenvalue weighted by atomic mass is 32.1. The fourth-order valence-corrected chi connectivity index (χ4v) is 2.76. The number of carbonyl (C=O) groups excluding carboxylic acids is 1. The molecule has 1 heterocycles. The maximum absolute atomic E-state index is 11.7. The predicted molar refractivity (Wildman–Crippen MR) is 69.9 cm³/mol. The van der Waals surface area contributed by atoms with Gasteiger partial charge in [-0.15, -0.1) is 0 Å². The number of carbonyl (C=O) groups is 2. The van der Waals surface area contributed by atoms with Crippen LogP contribution < -0.4 is 10.6 Å². The average molecular weight is 268 g/mol. The van der Waals surface area contributed by atoms with E-state index in [0.717, 1.165) is 18.5 Å². The number of hydrogen-bond acceptors (Lipinski definition) is 3. The Hall–Kier alpha value is -1.56. The standard InChI is InChI=1S/C12H16N2O3S/c15-11(16)8-1-3-9(4-2-8)13-12(17)14-10-5-6-18-7-10/h5-9H,1-4H2,(H,15,16)(H2,13,14,17). The first-order valence-corrected chi connectivity index (χ1v) is 6.92. The number of hydrogen-bond donors (Lipinski definition) is 3. The van der Waals surface area contributed by atoms with Gasteiger partial charge in [-0.05, 0) is 37.1 Å². The molecule has 2 amide bonds. The topological polar surface area (TPSA) is 78.4 Å². The van der Waals surface area contributed by atoms with Gasteiger partial charge in [0.25, 0.3) is 0 Å². The first-order chi connectivity index (χ1) is 8.65. The quantitative estimate of drug-likeness (QED) is 0.788. The fourth-order valence-electron chi connectivity index (χ4n) is 2.17. The van der Waals surface area contributed by atoms with Crippen LogP contribution in [0.1, 0.15) is 25.7 Å². The van der Waals surface area contributed by atoms with Gasteiger partial charge in [0, 0.05) is 11.4 Å². The van der Waals surface area contributed by atoms with E-state index < -0.39 is 5.97 Å². The maximum atomic E-state index is 11.7. The van der Waals surface area contributed by atoms with Crippen molar-refractivity contribution in [3.05, 3.63) is 16.8 Å². The molecule has 0 unspecified atom stereocenters. The van der Waals surface area contributed by atoms with Crippen LogP contribution in [-0.2, 0) is 4.79 Å². The van der Waals surface area contributed by atoms with Gasteiger partial charge < -0.3 is 15.7 Å². The molecular formula is C12H16N2O3S. The fraction of sp³-hybridized carbons (Fsp3) is 0.500. The zero-order valence-electron chi connectivity index (χ0n) is 9.89. The van der Waals surface area contributed by atoms with Crippen molar-refractivity contribution in [3.63, 3.8) is 0 Å². The number of nitrogens with one attached hydrogen (secondary N) is 2. The Morgan fingerprint density at radius 2 is 2.00 bits per heavy atom. The summed E-state index contributed by atoms with van der Waals surface area (Å²) in [5, 5.41) is 18.3. The third-order valence-corrected chi connectivity index (χ3v) is 3.87. The van der Waals surface area contributed by atoms with Gasteiger partial charge in [0.1, 0.15) is 0 Å². The molecule has 0 bridgehead atoms. The van der Waals surface area contributed by atoms with Gasteiger partial charge in [-0.25, -0.2) is 4.79 Å². The first-order valence-electron chi connectivity index (χ1n) is 5.97. The zero-order valence-corrected chi connectivity index (χ0v) is 10.7. The van der Waals surface area contributed by atoms with Crippen LogP contribution in [0.25, 0.3) is 0 Å². The van der Waals surface area contributed by atoms with Crippen molar-refractivity contribution in [1.29, 1.82) is 0 Å². The van der Waals surface area contributed by atoms with E-state index in [-0.39, 0.29) is 18.0 Å². The zero-order chi connectivity index (χ0) is 13.0. The van der Waals surface area contributed by atoms with Crippen LogP contribution in [-0.4, -0.2) is 23.1 Å². The minimum atomic E-state index is -0.726. The van der Waals surface area contributed by atoms with E-state index in [1.54, 1.807) is 0 Å². The minimum absolute atomic E-state index is 0.0826. The number of rotatable bonds is 3. The van der Waals surface area contributed by atoms with E-state index in [4.69, 9.17) is 5.11 Å². The summed E-state index contributed by atoms with van der Waals surface area (Å²) in [6, 6.07) is 1.71. The molecule has 1 fully saturated rings. The molecule has 0 aliphatic heterocycles. The second kappa shape index (κ2) is 5.86. The van der Waals surface area contributed by atoms with Crippen LogP contribution in [0.15, 0.2) is 16.8 Å². The molecular weight excluding hydrogens is 252 g/mol. The van der Waals surface area contributed by atoms with Crippen molar-refractivity contribution in [2.45, 2.75) is 31.7 Å². The van der Waals surface area contributed by atoms with Crippen molar-refractivity contribution in [1.82, 2.24) is 5.32 Å². The number of aliphatic carboxylic acids is 1. The lowest BCUT2D eigenvalue weighted by molar-refractivity contribution is -0.142. The SMILES string of the molecule is O=C(Nc1ccsc1)NC1CCC(C(=O)O)CC1. The van der Waals surface area contributed by atoms with Crippen LogP contribution in [0.5, 0.6) is 0 Å². The van der Waals surface area contributed by atoms with E-state index in [0.29, 0.717) is 12.8 Å². The minimum Gasteiger partial charge on any atom is -0.481 e. The molecule has 3 N–H and O–H groups in total. The van der Waals surface area contributed by atoms with E-state index in [1.807, 2.05) is 16.8 Å². The summed E-state index contributed by atoms with van der Waals surface area (Å²) >= 11 is 1.52. The number of anilines is 1. The summed E-state index contributed by atoms with van der Waals surface area (Å²) in [7, 11) is 0. The van der Waals surface area contributed by atoms with Gasteiger partial charge in [0.05, 0.1) is 11.6 Å². The number of carboxylic acids is 1. The molecule has 0 aromatic carbocycles. The molecule has 0 radical (unpaired) electrons. The molecule has 2 rings (SSSR count). The second-order valence-corrected chi connectivity index (χ2v) is 5.28. The van der Waals surface area contributed by atoms with E-state index in [1.165, 1.54) is 11.3 Å². The Bertz CT molecular complexity index is 411. The number of amides is 2. The molecule has 1 aromatic heterocycles. The number of urea groups is 1. The molecule has 0 atom stereocenters. The van der Waals surface area contributed by atoms with Crippen LogP contribution in [0.3, 0.4) is 0 Å². The lowest BCUT2D eigenvalue weighted by atomic mass is 9.86. The molecule has 1 aromatic rings. The van der Waals surface area contributed by atoms with Crippen molar-refractivity contribution < 1.29 is 14.7 Å². The van der Waals surface area contributed by atoms with Crippen LogP contribution >= 0.6 is 11.3 Å². The summed E-state index contributed by atoms with van der Waals surface area (Å²) in [6.07, 6.45) is 2.74. The molecule has 98 valence electrons. The lowest BCUT2D eigenvalue weighted by Gasteiger charge is -2.26. The van der Waals surface area contributed by atoms with Gasteiger partial charge in [0.15, 0.2) is 0 Å². The maximum Gasteiger partial charge on any atom is 0.319 e. The number of carboxylic acid groups (broad SMARTS) is 1. The normalized spacial score (nSPS) is 23.3. The largest absolute Gasteiger partial charge is 0.481 e. The van der Waals surface area contributed by atoms with Crippen molar-refractivity contribution in [2.75, 3.05) is 5.32 Å². The summed E-state index contributed by atoms with van der Waals surface area (Å²) in [6.45, 7) is 0. The molecule has 1 aliphatic rings. The van der Waals surface area contributed by atoms with Gasteiger partial charge in [0.2, 0.25) is 0 Å². The smallest absolute Gasteiger partial charge is 0.319 e. The molecule has 6 heteroatoms. The highest BCUT2D eigenvalue weighted by Gasteiger charge is 2.26. The monoisotopic (exact) mass is 268 g/mol. The Morgan fingerprint density at radius 3 is 2.56 bits per heavy atom. The van der Waals surface area contributed by atoms with Gasteiger partial charge in [-0.1, -0.05) is 0 Å². The van der Waals surface area contributed by atoms with Crippen LogP contribution in [0, 0.1) is 5.92 Å². The van der Waals surface area contributed by atoms with E-state index in [9.17, 15) is 9.59 Å². The predicted octanol–water partition coefficient (Wildman–Crippen LogP) is 2.51. The highest BCUT2D eigenvalue weighted by Crippen LogP contribution is 2.24. The Labute approximate surface area is 109 Å². The van der Waals surface area contributed by atoms with Gasteiger partial charge in [-0.2, -0.15) is 11.3 Å².